The summed E-state index contributed by atoms with van der Waals surface area (Å²) in [6, 6.07) is 7.45. The predicted octanol–water partition coefficient (Wildman–Crippen LogP) is 3.50. The van der Waals surface area contributed by atoms with Crippen molar-refractivity contribution < 1.29 is 14.6 Å². The highest BCUT2D eigenvalue weighted by molar-refractivity contribution is 5.92. The fourth-order valence-electron chi connectivity index (χ4n) is 2.73. The van der Waals surface area contributed by atoms with Crippen LogP contribution in [0.3, 0.4) is 0 Å². The Morgan fingerprint density at radius 3 is 2.76 bits per heavy atom. The molecule has 1 fully saturated rings. The Labute approximate surface area is 126 Å². The average Bonchev–Trinajstić information content (AvgIpc) is 2.87. The van der Waals surface area contributed by atoms with Crippen molar-refractivity contribution in [1.29, 1.82) is 0 Å². The Hall–Kier alpha value is -1.55. The summed E-state index contributed by atoms with van der Waals surface area (Å²) in [6.45, 7) is 2.76. The summed E-state index contributed by atoms with van der Waals surface area (Å²) in [7, 11) is 0. The van der Waals surface area contributed by atoms with Gasteiger partial charge in [0.05, 0.1) is 24.3 Å². The van der Waals surface area contributed by atoms with Crippen molar-refractivity contribution in [3.63, 3.8) is 0 Å². The summed E-state index contributed by atoms with van der Waals surface area (Å²) < 4.78 is 5.70. The van der Waals surface area contributed by atoms with Crippen LogP contribution in [0.5, 0.6) is 5.75 Å². The Kier molecular flexibility index (Phi) is 5.62. The molecule has 0 aliphatic heterocycles. The minimum Gasteiger partial charge on any atom is -0.491 e. The quantitative estimate of drug-likeness (QED) is 0.756. The monoisotopic (exact) mass is 291 g/mol. The van der Waals surface area contributed by atoms with Gasteiger partial charge in [0.25, 0.3) is 0 Å². The zero-order valence-corrected chi connectivity index (χ0v) is 12.7. The number of amides is 1. The molecule has 0 spiro atoms. The molecule has 21 heavy (non-hydrogen) atoms. The second-order valence-corrected chi connectivity index (χ2v) is 5.85. The van der Waals surface area contributed by atoms with E-state index in [0.717, 1.165) is 38.5 Å². The molecule has 0 saturated heterocycles. The summed E-state index contributed by atoms with van der Waals surface area (Å²) in [6.07, 6.45) is 5.66. The topological polar surface area (TPSA) is 58.6 Å². The molecule has 1 saturated carbocycles. The second kappa shape index (κ2) is 7.46. The molecule has 116 valence electrons. The molecular formula is C17H25NO3. The summed E-state index contributed by atoms with van der Waals surface area (Å²) >= 11 is 0. The van der Waals surface area contributed by atoms with E-state index in [2.05, 4.69) is 12.2 Å². The van der Waals surface area contributed by atoms with Crippen molar-refractivity contribution in [1.82, 2.24) is 0 Å². The summed E-state index contributed by atoms with van der Waals surface area (Å²) in [4.78, 5) is 12.1. The lowest BCUT2D eigenvalue weighted by atomic mass is 9.97. The highest BCUT2D eigenvalue weighted by Crippen LogP contribution is 2.33. The van der Waals surface area contributed by atoms with E-state index in [9.17, 15) is 9.90 Å². The standard InChI is InChI=1S/C17H25NO3/c1-2-3-12-21-15-9-5-4-8-14(15)18-16(19)13-17(20)10-6-7-11-17/h4-5,8-9,20H,2-3,6-7,10-13H2,1H3,(H,18,19). The first kappa shape index (κ1) is 15.8. The van der Waals surface area contributed by atoms with Crippen molar-refractivity contribution in [2.75, 3.05) is 11.9 Å². The third-order valence-electron chi connectivity index (χ3n) is 3.94. The second-order valence-electron chi connectivity index (χ2n) is 5.85. The van der Waals surface area contributed by atoms with E-state index in [1.54, 1.807) is 0 Å². The predicted molar refractivity (Wildman–Crippen MR) is 83.5 cm³/mol. The van der Waals surface area contributed by atoms with Crippen LogP contribution in [0.1, 0.15) is 51.9 Å². The Morgan fingerprint density at radius 2 is 2.05 bits per heavy atom. The molecule has 0 aromatic heterocycles. The molecule has 1 amide bonds. The van der Waals surface area contributed by atoms with Gasteiger partial charge in [0.15, 0.2) is 0 Å². The fraction of sp³-hybridized carbons (Fsp3) is 0.588. The number of nitrogens with one attached hydrogen (secondary N) is 1. The van der Waals surface area contributed by atoms with Crippen LogP contribution in [-0.2, 0) is 4.79 Å². The van der Waals surface area contributed by atoms with Crippen LogP contribution >= 0.6 is 0 Å². The van der Waals surface area contributed by atoms with Crippen molar-refractivity contribution >= 4 is 11.6 Å². The van der Waals surface area contributed by atoms with Crippen LogP contribution in [0.4, 0.5) is 5.69 Å². The number of carbonyl (C=O) groups excluding carboxylic acids is 1. The lowest BCUT2D eigenvalue weighted by molar-refractivity contribution is -0.120. The SMILES string of the molecule is CCCCOc1ccccc1NC(=O)CC1(O)CCCC1. The van der Waals surface area contributed by atoms with Gasteiger partial charge in [0.1, 0.15) is 5.75 Å². The zero-order valence-electron chi connectivity index (χ0n) is 12.7. The molecule has 0 bridgehead atoms. The first-order valence-corrected chi connectivity index (χ1v) is 7.87. The van der Waals surface area contributed by atoms with Gasteiger partial charge in [-0.3, -0.25) is 4.79 Å². The van der Waals surface area contributed by atoms with Crippen LogP contribution in [0, 0.1) is 0 Å². The first-order valence-electron chi connectivity index (χ1n) is 7.87. The van der Waals surface area contributed by atoms with E-state index in [0.29, 0.717) is 18.0 Å². The third-order valence-corrected chi connectivity index (χ3v) is 3.94. The fourth-order valence-corrected chi connectivity index (χ4v) is 2.73. The Balaban J connectivity index is 1.93. The molecule has 1 aromatic rings. The molecule has 1 aromatic carbocycles. The molecule has 2 rings (SSSR count). The Morgan fingerprint density at radius 1 is 1.33 bits per heavy atom. The number of carbonyl (C=O) groups is 1. The number of para-hydroxylation sites is 2. The van der Waals surface area contributed by atoms with Gasteiger partial charge in [0.2, 0.25) is 5.91 Å². The molecule has 2 N–H and O–H groups in total. The number of unbranched alkanes of at least 4 members (excludes halogenated alkanes) is 1. The van der Waals surface area contributed by atoms with E-state index in [4.69, 9.17) is 4.74 Å². The largest absolute Gasteiger partial charge is 0.491 e. The summed E-state index contributed by atoms with van der Waals surface area (Å²) in [5.41, 5.74) is -0.137. The van der Waals surface area contributed by atoms with E-state index in [1.807, 2.05) is 24.3 Å². The highest BCUT2D eigenvalue weighted by Gasteiger charge is 2.33. The normalized spacial score (nSPS) is 16.7. The van der Waals surface area contributed by atoms with Gasteiger partial charge in [-0.1, -0.05) is 38.3 Å². The van der Waals surface area contributed by atoms with E-state index < -0.39 is 5.60 Å². The van der Waals surface area contributed by atoms with Crippen LogP contribution in [0.25, 0.3) is 0 Å². The van der Waals surface area contributed by atoms with Gasteiger partial charge in [-0.2, -0.15) is 0 Å². The van der Waals surface area contributed by atoms with Gasteiger partial charge in [-0.05, 0) is 31.4 Å². The summed E-state index contributed by atoms with van der Waals surface area (Å²) in [5.74, 6) is 0.545. The van der Waals surface area contributed by atoms with Crippen molar-refractivity contribution in [3.05, 3.63) is 24.3 Å². The van der Waals surface area contributed by atoms with Crippen molar-refractivity contribution in [2.24, 2.45) is 0 Å². The van der Waals surface area contributed by atoms with Gasteiger partial charge < -0.3 is 15.2 Å². The van der Waals surface area contributed by atoms with Gasteiger partial charge in [0, 0.05) is 0 Å². The van der Waals surface area contributed by atoms with Crippen molar-refractivity contribution in [3.8, 4) is 5.75 Å². The molecule has 0 unspecified atom stereocenters. The summed E-state index contributed by atoms with van der Waals surface area (Å²) in [5, 5.41) is 13.2. The van der Waals surface area contributed by atoms with E-state index >= 15 is 0 Å². The maximum Gasteiger partial charge on any atom is 0.227 e. The third kappa shape index (κ3) is 4.74. The first-order chi connectivity index (χ1) is 10.1. The Bertz CT molecular complexity index is 467. The van der Waals surface area contributed by atoms with Crippen LogP contribution in [0.15, 0.2) is 24.3 Å². The van der Waals surface area contributed by atoms with Gasteiger partial charge in [-0.25, -0.2) is 0 Å². The lowest BCUT2D eigenvalue weighted by Crippen LogP contribution is -2.30. The molecule has 1 aliphatic carbocycles. The lowest BCUT2D eigenvalue weighted by Gasteiger charge is -2.21. The van der Waals surface area contributed by atoms with E-state index in [-0.39, 0.29) is 12.3 Å². The van der Waals surface area contributed by atoms with Gasteiger partial charge in [-0.15, -0.1) is 0 Å². The molecule has 0 atom stereocenters. The highest BCUT2D eigenvalue weighted by atomic mass is 16.5. The molecule has 4 nitrogen and oxygen atoms in total. The number of aliphatic hydroxyl groups is 1. The number of anilines is 1. The van der Waals surface area contributed by atoms with Crippen LogP contribution in [-0.4, -0.2) is 23.2 Å². The minimum absolute atomic E-state index is 0.147. The minimum atomic E-state index is -0.817. The average molecular weight is 291 g/mol. The molecule has 1 aliphatic rings. The van der Waals surface area contributed by atoms with E-state index in [1.165, 1.54) is 0 Å². The number of hydrogen-bond acceptors (Lipinski definition) is 3. The molecule has 4 heteroatoms. The maximum absolute atomic E-state index is 12.1. The molecule has 0 heterocycles. The number of ether oxygens (including phenoxy) is 1. The maximum atomic E-state index is 12.1. The van der Waals surface area contributed by atoms with Crippen molar-refractivity contribution in [2.45, 2.75) is 57.5 Å². The molecule has 0 radical (unpaired) electrons. The number of benzene rings is 1. The van der Waals surface area contributed by atoms with Crippen LogP contribution in [0.2, 0.25) is 0 Å². The smallest absolute Gasteiger partial charge is 0.227 e. The number of rotatable bonds is 7. The number of hydrogen-bond donors (Lipinski definition) is 2. The van der Waals surface area contributed by atoms with Gasteiger partial charge >= 0.3 is 0 Å². The molecular weight excluding hydrogens is 266 g/mol. The van der Waals surface area contributed by atoms with Crippen LogP contribution < -0.4 is 10.1 Å². The zero-order chi connectivity index (χ0) is 15.1.